The molecular formula is C9H13N3. The minimum Gasteiger partial charge on any atom is -0.399 e. The number of anilines is 2. The average molecular weight is 163 g/mol. The molecule has 0 atom stereocenters. The Kier molecular flexibility index (Phi) is 5.09. The van der Waals surface area contributed by atoms with Gasteiger partial charge in [0.1, 0.15) is 0 Å². The van der Waals surface area contributed by atoms with Crippen LogP contribution in [0.4, 0.5) is 11.4 Å². The van der Waals surface area contributed by atoms with Crippen LogP contribution in [-0.2, 0) is 0 Å². The van der Waals surface area contributed by atoms with E-state index in [9.17, 15) is 0 Å². The van der Waals surface area contributed by atoms with Crippen LogP contribution in [0.25, 0.3) is 0 Å². The molecule has 3 nitrogen and oxygen atoms in total. The van der Waals surface area contributed by atoms with Gasteiger partial charge in [-0.2, -0.15) is 0 Å². The van der Waals surface area contributed by atoms with E-state index in [0.29, 0.717) is 0 Å². The molecule has 0 fully saturated rings. The SMILES string of the molecule is C=CNc1ccc(N)cc1.C=N. The molecule has 0 saturated heterocycles. The Bertz CT molecular complexity index is 228. The molecule has 12 heavy (non-hydrogen) atoms. The number of nitrogens with one attached hydrogen (secondary N) is 2. The Labute approximate surface area is 72.4 Å². The first-order valence-corrected chi connectivity index (χ1v) is 3.41. The Morgan fingerprint density at radius 1 is 1.25 bits per heavy atom. The van der Waals surface area contributed by atoms with Crippen molar-refractivity contribution in [1.29, 1.82) is 5.41 Å². The van der Waals surface area contributed by atoms with Crippen LogP contribution in [-0.4, -0.2) is 6.72 Å². The summed E-state index contributed by atoms with van der Waals surface area (Å²) in [5, 5.41) is 8.44. The summed E-state index contributed by atoms with van der Waals surface area (Å²) in [6.07, 6.45) is 1.63. The van der Waals surface area contributed by atoms with E-state index in [1.165, 1.54) is 0 Å². The van der Waals surface area contributed by atoms with Gasteiger partial charge in [0.15, 0.2) is 0 Å². The Morgan fingerprint density at radius 3 is 2.17 bits per heavy atom. The van der Waals surface area contributed by atoms with Crippen LogP contribution in [0.5, 0.6) is 0 Å². The van der Waals surface area contributed by atoms with Crippen LogP contribution >= 0.6 is 0 Å². The number of hydrogen-bond acceptors (Lipinski definition) is 3. The van der Waals surface area contributed by atoms with Gasteiger partial charge in [0, 0.05) is 11.4 Å². The normalized spacial score (nSPS) is 7.67. The fourth-order valence-electron chi connectivity index (χ4n) is 0.697. The summed E-state index contributed by atoms with van der Waals surface area (Å²) in [5.74, 6) is 0. The predicted octanol–water partition coefficient (Wildman–Crippen LogP) is 2.09. The number of nitrogens with two attached hydrogens (primary N) is 1. The van der Waals surface area contributed by atoms with E-state index in [1.807, 2.05) is 24.3 Å². The molecule has 0 bridgehead atoms. The van der Waals surface area contributed by atoms with Gasteiger partial charge in [-0.1, -0.05) is 6.58 Å². The summed E-state index contributed by atoms with van der Waals surface area (Å²) in [7, 11) is 0. The van der Waals surface area contributed by atoms with Crippen molar-refractivity contribution in [2.75, 3.05) is 11.1 Å². The lowest BCUT2D eigenvalue weighted by Gasteiger charge is -1.98. The van der Waals surface area contributed by atoms with E-state index in [-0.39, 0.29) is 0 Å². The smallest absolute Gasteiger partial charge is 0.0381 e. The Morgan fingerprint density at radius 2 is 1.75 bits per heavy atom. The van der Waals surface area contributed by atoms with Crippen LogP contribution in [0.15, 0.2) is 37.0 Å². The van der Waals surface area contributed by atoms with Crippen molar-refractivity contribution in [3.63, 3.8) is 0 Å². The van der Waals surface area contributed by atoms with Crippen LogP contribution < -0.4 is 11.1 Å². The third-order valence-electron chi connectivity index (χ3n) is 1.18. The molecule has 0 radical (unpaired) electrons. The molecule has 4 N–H and O–H groups in total. The van der Waals surface area contributed by atoms with Gasteiger partial charge >= 0.3 is 0 Å². The van der Waals surface area contributed by atoms with Crippen molar-refractivity contribution in [2.45, 2.75) is 0 Å². The minimum absolute atomic E-state index is 0.773. The number of nitrogen functional groups attached to an aromatic ring is 1. The van der Waals surface area contributed by atoms with Gasteiger partial charge in [-0.05, 0) is 37.2 Å². The van der Waals surface area contributed by atoms with Gasteiger partial charge < -0.3 is 16.5 Å². The number of hydrogen-bond donors (Lipinski definition) is 3. The maximum atomic E-state index is 5.50. The van der Waals surface area contributed by atoms with Crippen molar-refractivity contribution < 1.29 is 0 Å². The molecular weight excluding hydrogens is 150 g/mol. The highest BCUT2D eigenvalue weighted by Gasteiger charge is 1.85. The van der Waals surface area contributed by atoms with Crippen molar-refractivity contribution in [3.8, 4) is 0 Å². The van der Waals surface area contributed by atoms with E-state index in [2.05, 4.69) is 18.6 Å². The third kappa shape index (κ3) is 3.41. The molecule has 1 rings (SSSR count). The molecule has 0 aliphatic rings. The molecule has 1 aromatic rings. The number of benzene rings is 1. The zero-order valence-corrected chi connectivity index (χ0v) is 6.88. The average Bonchev–Trinajstić information content (AvgIpc) is 2.13. The summed E-state index contributed by atoms with van der Waals surface area (Å²) in [4.78, 5) is 0. The fraction of sp³-hybridized carbons (Fsp3) is 0. The Hall–Kier alpha value is -1.77. The number of rotatable bonds is 2. The van der Waals surface area contributed by atoms with Gasteiger partial charge in [0.2, 0.25) is 0 Å². The summed E-state index contributed by atoms with van der Waals surface area (Å²) in [6, 6.07) is 7.48. The summed E-state index contributed by atoms with van der Waals surface area (Å²) in [5.41, 5.74) is 7.25. The maximum Gasteiger partial charge on any atom is 0.0381 e. The largest absolute Gasteiger partial charge is 0.399 e. The van der Waals surface area contributed by atoms with Gasteiger partial charge in [-0.25, -0.2) is 0 Å². The second-order valence-electron chi connectivity index (χ2n) is 1.97. The van der Waals surface area contributed by atoms with Crippen molar-refractivity contribution in [2.24, 2.45) is 0 Å². The molecule has 0 aromatic heterocycles. The van der Waals surface area contributed by atoms with Crippen molar-refractivity contribution in [1.82, 2.24) is 0 Å². The quantitative estimate of drug-likeness (QED) is 0.461. The topological polar surface area (TPSA) is 61.9 Å². The Balaban J connectivity index is 0.000000561. The first kappa shape index (κ1) is 10.2. The van der Waals surface area contributed by atoms with Gasteiger partial charge in [0.05, 0.1) is 0 Å². The van der Waals surface area contributed by atoms with E-state index < -0.39 is 0 Å². The van der Waals surface area contributed by atoms with Gasteiger partial charge in [-0.3, -0.25) is 0 Å². The monoisotopic (exact) mass is 163 g/mol. The summed E-state index contributed by atoms with van der Waals surface area (Å²) in [6.45, 7) is 6.04. The predicted molar refractivity (Wildman–Crippen MR) is 54.5 cm³/mol. The van der Waals surface area contributed by atoms with Crippen LogP contribution in [0.3, 0.4) is 0 Å². The van der Waals surface area contributed by atoms with Crippen molar-refractivity contribution >= 4 is 18.1 Å². The highest BCUT2D eigenvalue weighted by atomic mass is 14.8. The molecule has 0 spiro atoms. The fourth-order valence-corrected chi connectivity index (χ4v) is 0.697. The van der Waals surface area contributed by atoms with Gasteiger partial charge in [-0.15, -0.1) is 0 Å². The molecule has 0 heterocycles. The third-order valence-corrected chi connectivity index (χ3v) is 1.18. The molecule has 0 saturated carbocycles. The van der Waals surface area contributed by atoms with Crippen LogP contribution in [0, 0.1) is 5.41 Å². The standard InChI is InChI=1S/C8H10N2.CH3N/c1-2-10-8-5-3-7(9)4-6-8;1-2/h2-6,10H,1,9H2;2H,1H2. The van der Waals surface area contributed by atoms with E-state index in [4.69, 9.17) is 11.1 Å². The minimum atomic E-state index is 0.773. The highest BCUT2D eigenvalue weighted by Crippen LogP contribution is 2.09. The van der Waals surface area contributed by atoms with Crippen LogP contribution in [0.2, 0.25) is 0 Å². The van der Waals surface area contributed by atoms with Crippen molar-refractivity contribution in [3.05, 3.63) is 37.0 Å². The van der Waals surface area contributed by atoms with E-state index in [1.54, 1.807) is 6.20 Å². The first-order chi connectivity index (χ1) is 5.83. The van der Waals surface area contributed by atoms with Crippen LogP contribution in [0.1, 0.15) is 0 Å². The molecule has 0 unspecified atom stereocenters. The molecule has 1 aromatic carbocycles. The lowest BCUT2D eigenvalue weighted by atomic mass is 10.3. The zero-order valence-electron chi connectivity index (χ0n) is 6.88. The lowest BCUT2D eigenvalue weighted by Crippen LogP contribution is -1.87. The van der Waals surface area contributed by atoms with E-state index >= 15 is 0 Å². The van der Waals surface area contributed by atoms with Gasteiger partial charge in [0.25, 0.3) is 0 Å². The lowest BCUT2D eigenvalue weighted by molar-refractivity contribution is 1.59. The zero-order chi connectivity index (χ0) is 9.40. The maximum absolute atomic E-state index is 5.50. The molecule has 3 heteroatoms. The van der Waals surface area contributed by atoms with E-state index in [0.717, 1.165) is 11.4 Å². The summed E-state index contributed by atoms with van der Waals surface area (Å²) < 4.78 is 0. The highest BCUT2D eigenvalue weighted by molar-refractivity contribution is 5.52. The molecule has 0 aliphatic heterocycles. The molecule has 64 valence electrons. The molecule has 0 aliphatic carbocycles. The summed E-state index contributed by atoms with van der Waals surface area (Å²) >= 11 is 0. The first-order valence-electron chi connectivity index (χ1n) is 3.41. The molecule has 0 amide bonds. The second-order valence-corrected chi connectivity index (χ2v) is 1.97. The second kappa shape index (κ2) is 5.97.